The molecule has 2 aliphatic rings. The van der Waals surface area contributed by atoms with E-state index in [1.807, 2.05) is 11.8 Å². The Morgan fingerprint density at radius 3 is 2.83 bits per heavy atom. The molecule has 3 rings (SSSR count). The van der Waals surface area contributed by atoms with Crippen molar-refractivity contribution < 1.29 is 4.79 Å². The molecule has 0 spiro atoms. The maximum atomic E-state index is 12.3. The normalized spacial score (nSPS) is 26.4. The van der Waals surface area contributed by atoms with Gasteiger partial charge in [0.05, 0.1) is 0 Å². The molecule has 0 bridgehead atoms. The largest absolute Gasteiger partial charge is 0.344 e. The lowest BCUT2D eigenvalue weighted by molar-refractivity contribution is 0.0909. The van der Waals surface area contributed by atoms with E-state index in [9.17, 15) is 4.79 Å². The van der Waals surface area contributed by atoms with Crippen LogP contribution in [0.4, 0.5) is 0 Å². The first-order valence-corrected chi connectivity index (χ1v) is 7.95. The molecular weight excluding hydrogens is 242 g/mol. The highest BCUT2D eigenvalue weighted by molar-refractivity contribution is 7.99. The lowest BCUT2D eigenvalue weighted by atomic mass is 9.76. The molecular formula is C15H21NOS. The van der Waals surface area contributed by atoms with Gasteiger partial charge in [-0.05, 0) is 37.0 Å². The number of hydrogen-bond donors (Lipinski definition) is 0. The quantitative estimate of drug-likeness (QED) is 0.772. The van der Waals surface area contributed by atoms with Crippen LogP contribution in [-0.4, -0.2) is 21.9 Å². The Labute approximate surface area is 113 Å². The second-order valence-electron chi connectivity index (χ2n) is 6.47. The number of nitrogens with zero attached hydrogens (tertiary/aromatic N) is 1. The summed E-state index contributed by atoms with van der Waals surface area (Å²) in [6, 6.07) is 2.73. The van der Waals surface area contributed by atoms with Crippen molar-refractivity contribution in [3.05, 3.63) is 23.0 Å². The number of carbonyl (C=O) groups excluding carboxylic acids is 1. The Balaban J connectivity index is 2.08. The molecule has 0 N–H and O–H groups in total. The molecule has 1 aliphatic heterocycles. The Bertz CT molecular complexity index is 495. The smallest absolute Gasteiger partial charge is 0.165 e. The average Bonchev–Trinajstić information content (AvgIpc) is 2.83. The summed E-state index contributed by atoms with van der Waals surface area (Å²) in [6.07, 6.45) is 2.99. The fraction of sp³-hybridized carbons (Fsp3) is 0.667. The highest BCUT2D eigenvalue weighted by Gasteiger charge is 2.35. The molecule has 0 amide bonds. The Morgan fingerprint density at radius 1 is 1.39 bits per heavy atom. The zero-order chi connectivity index (χ0) is 12.9. The summed E-state index contributed by atoms with van der Waals surface area (Å²) in [5.74, 6) is 2.80. The maximum Gasteiger partial charge on any atom is 0.165 e. The molecule has 1 aromatic rings. The molecule has 1 saturated heterocycles. The van der Waals surface area contributed by atoms with Gasteiger partial charge in [0.25, 0.3) is 0 Å². The van der Waals surface area contributed by atoms with Gasteiger partial charge in [-0.2, -0.15) is 11.8 Å². The van der Waals surface area contributed by atoms with E-state index in [1.165, 1.54) is 29.3 Å². The molecule has 18 heavy (non-hydrogen) atoms. The third-order valence-electron chi connectivity index (χ3n) is 4.19. The van der Waals surface area contributed by atoms with Crippen LogP contribution in [0.2, 0.25) is 0 Å². The van der Waals surface area contributed by atoms with E-state index in [0.717, 1.165) is 12.0 Å². The highest BCUT2D eigenvalue weighted by atomic mass is 32.2. The fourth-order valence-corrected chi connectivity index (χ4v) is 4.60. The minimum absolute atomic E-state index is 0.123. The second-order valence-corrected chi connectivity index (χ2v) is 7.62. The van der Waals surface area contributed by atoms with Gasteiger partial charge in [-0.25, -0.2) is 0 Å². The Hall–Kier alpha value is -0.700. The van der Waals surface area contributed by atoms with Gasteiger partial charge < -0.3 is 4.57 Å². The van der Waals surface area contributed by atoms with Crippen LogP contribution >= 0.6 is 11.8 Å². The molecule has 2 nitrogen and oxygen atoms in total. The standard InChI is InChI=1S/C15H21NOS/c1-10-6-12-13(7-15(2,3)8-14(12)17)16(10)11-4-5-18-9-11/h6,11H,4-5,7-9H2,1-3H3. The highest BCUT2D eigenvalue weighted by Crippen LogP contribution is 2.39. The van der Waals surface area contributed by atoms with Crippen molar-refractivity contribution in [1.82, 2.24) is 4.57 Å². The first-order chi connectivity index (χ1) is 8.48. The average molecular weight is 263 g/mol. The van der Waals surface area contributed by atoms with Gasteiger partial charge in [-0.3, -0.25) is 4.79 Å². The van der Waals surface area contributed by atoms with Gasteiger partial charge in [0.2, 0.25) is 0 Å². The number of hydrogen-bond acceptors (Lipinski definition) is 2. The lowest BCUT2D eigenvalue weighted by Gasteiger charge is -2.31. The predicted octanol–water partition coefficient (Wildman–Crippen LogP) is 3.63. The topological polar surface area (TPSA) is 22.0 Å². The van der Waals surface area contributed by atoms with Crippen molar-refractivity contribution in [2.45, 2.75) is 46.1 Å². The molecule has 1 unspecified atom stereocenters. The summed E-state index contributed by atoms with van der Waals surface area (Å²) in [5.41, 5.74) is 3.71. The molecule has 1 aliphatic carbocycles. The summed E-state index contributed by atoms with van der Waals surface area (Å²) >= 11 is 2.03. The molecule has 2 heterocycles. The third kappa shape index (κ3) is 1.93. The SMILES string of the molecule is Cc1cc2c(n1C1CCSC1)CC(C)(C)CC2=O. The predicted molar refractivity (Wildman–Crippen MR) is 76.6 cm³/mol. The molecule has 1 atom stereocenters. The van der Waals surface area contributed by atoms with Gasteiger partial charge in [0.15, 0.2) is 5.78 Å². The van der Waals surface area contributed by atoms with Gasteiger partial charge in [0, 0.05) is 35.2 Å². The van der Waals surface area contributed by atoms with Crippen molar-refractivity contribution in [2.24, 2.45) is 5.41 Å². The van der Waals surface area contributed by atoms with E-state index >= 15 is 0 Å². The van der Waals surface area contributed by atoms with Crippen molar-refractivity contribution >= 4 is 17.5 Å². The van der Waals surface area contributed by atoms with E-state index in [1.54, 1.807) is 0 Å². The maximum absolute atomic E-state index is 12.3. The van der Waals surface area contributed by atoms with Gasteiger partial charge >= 0.3 is 0 Å². The molecule has 0 radical (unpaired) electrons. The first kappa shape index (κ1) is 12.3. The van der Waals surface area contributed by atoms with Crippen molar-refractivity contribution in [3.8, 4) is 0 Å². The fourth-order valence-electron chi connectivity index (χ4n) is 3.41. The first-order valence-electron chi connectivity index (χ1n) is 6.79. The molecule has 1 aromatic heterocycles. The summed E-state index contributed by atoms with van der Waals surface area (Å²) < 4.78 is 2.47. The second kappa shape index (κ2) is 4.16. The van der Waals surface area contributed by atoms with Crippen LogP contribution in [0.15, 0.2) is 6.07 Å². The van der Waals surface area contributed by atoms with Gasteiger partial charge in [-0.1, -0.05) is 13.8 Å². The zero-order valence-electron chi connectivity index (χ0n) is 11.5. The lowest BCUT2D eigenvalue weighted by Crippen LogP contribution is -2.29. The Kier molecular flexibility index (Phi) is 2.85. The summed E-state index contributed by atoms with van der Waals surface area (Å²) in [5, 5.41) is 0. The van der Waals surface area contributed by atoms with Gasteiger partial charge in [-0.15, -0.1) is 0 Å². The number of ketones is 1. The number of fused-ring (bicyclic) bond motifs is 1. The van der Waals surface area contributed by atoms with Gasteiger partial charge in [0.1, 0.15) is 0 Å². The number of aromatic nitrogens is 1. The van der Waals surface area contributed by atoms with Crippen LogP contribution in [0.1, 0.15) is 54.5 Å². The van der Waals surface area contributed by atoms with Crippen LogP contribution in [0.3, 0.4) is 0 Å². The van der Waals surface area contributed by atoms with Crippen LogP contribution in [-0.2, 0) is 6.42 Å². The van der Waals surface area contributed by atoms with Crippen LogP contribution < -0.4 is 0 Å². The van der Waals surface area contributed by atoms with Crippen LogP contribution in [0, 0.1) is 12.3 Å². The van der Waals surface area contributed by atoms with E-state index in [-0.39, 0.29) is 5.41 Å². The molecule has 1 fully saturated rings. The third-order valence-corrected chi connectivity index (χ3v) is 5.34. The minimum atomic E-state index is 0.123. The number of rotatable bonds is 1. The number of carbonyl (C=O) groups is 1. The van der Waals surface area contributed by atoms with E-state index in [2.05, 4.69) is 31.4 Å². The van der Waals surface area contributed by atoms with Crippen molar-refractivity contribution in [3.63, 3.8) is 0 Å². The number of Topliss-reactive ketones (excluding diaryl/α,β-unsaturated/α-hetero) is 1. The molecule has 98 valence electrons. The molecule has 0 aromatic carbocycles. The van der Waals surface area contributed by atoms with Crippen LogP contribution in [0.25, 0.3) is 0 Å². The van der Waals surface area contributed by atoms with Crippen molar-refractivity contribution in [2.75, 3.05) is 11.5 Å². The van der Waals surface area contributed by atoms with Crippen LogP contribution in [0.5, 0.6) is 0 Å². The zero-order valence-corrected chi connectivity index (χ0v) is 12.3. The monoisotopic (exact) mass is 263 g/mol. The van der Waals surface area contributed by atoms with E-state index in [0.29, 0.717) is 18.2 Å². The molecule has 3 heteroatoms. The van der Waals surface area contributed by atoms with E-state index < -0.39 is 0 Å². The van der Waals surface area contributed by atoms with E-state index in [4.69, 9.17) is 0 Å². The molecule has 0 saturated carbocycles. The summed E-state index contributed by atoms with van der Waals surface area (Å²) in [4.78, 5) is 12.3. The van der Waals surface area contributed by atoms with Crippen molar-refractivity contribution in [1.29, 1.82) is 0 Å². The Morgan fingerprint density at radius 2 is 2.17 bits per heavy atom. The summed E-state index contributed by atoms with van der Waals surface area (Å²) in [6.45, 7) is 6.58. The summed E-state index contributed by atoms with van der Waals surface area (Å²) in [7, 11) is 0. The number of thioether (sulfide) groups is 1. The number of aryl methyl sites for hydroxylation is 1. The minimum Gasteiger partial charge on any atom is -0.344 e.